The second-order valence-electron chi connectivity index (χ2n) is 38.5. The lowest BCUT2D eigenvalue weighted by Crippen LogP contribution is -2.65. The van der Waals surface area contributed by atoms with Gasteiger partial charge in [-0.05, 0) is 234 Å². The van der Waals surface area contributed by atoms with Gasteiger partial charge < -0.3 is 29.4 Å². The van der Waals surface area contributed by atoms with Gasteiger partial charge in [0.25, 0.3) is 13.4 Å². The first-order chi connectivity index (χ1) is 62.7. The van der Waals surface area contributed by atoms with Crippen LogP contribution in [0.4, 0.5) is 96.7 Å². The highest BCUT2D eigenvalue weighted by Gasteiger charge is 2.58. The van der Waals surface area contributed by atoms with E-state index in [1.807, 2.05) is 0 Å². The first kappa shape index (κ1) is 75.9. The average molecular weight is 1640 g/mol. The summed E-state index contributed by atoms with van der Waals surface area (Å²) in [5, 5.41) is 0. The molecule has 5 heterocycles. The number of para-hydroxylation sites is 8. The van der Waals surface area contributed by atoms with Crippen molar-refractivity contribution >= 4 is 143 Å². The van der Waals surface area contributed by atoms with E-state index in [4.69, 9.17) is 0 Å². The maximum Gasteiger partial charge on any atom is 0.252 e. The topological polar surface area (TPSA) is 19.4 Å². The van der Waals surface area contributed by atoms with Crippen LogP contribution in [0.3, 0.4) is 0 Å². The molecule has 16 aromatic carbocycles. The summed E-state index contributed by atoms with van der Waals surface area (Å²) in [7, 11) is 0. The van der Waals surface area contributed by atoms with Crippen LogP contribution in [0.5, 0.6) is 0 Å². The number of hydrogen-bond acceptors (Lipinski definition) is 6. The zero-order valence-corrected chi connectivity index (χ0v) is 72.7. The van der Waals surface area contributed by atoms with Gasteiger partial charge in [-0.15, -0.1) is 0 Å². The fourth-order valence-corrected chi connectivity index (χ4v) is 25.6. The predicted molar refractivity (Wildman–Crippen MR) is 536 cm³/mol. The molecule has 16 aromatic rings. The summed E-state index contributed by atoms with van der Waals surface area (Å²) in [6.07, 6.45) is 17.1. The van der Waals surface area contributed by atoms with E-state index in [1.54, 1.807) is 0 Å². The normalized spacial score (nSPS) is 17.9. The molecule has 2 unspecified atom stereocenters. The third-order valence-electron chi connectivity index (χ3n) is 30.9. The Morgan fingerprint density at radius 2 is 0.669 bits per heavy atom. The Hall–Kier alpha value is -13.6. The molecule has 4 aliphatic carbocycles. The van der Waals surface area contributed by atoms with Gasteiger partial charge >= 0.3 is 0 Å². The number of rotatable bonds is 12. The molecular formula is C119H102B2N6. The fourth-order valence-electron chi connectivity index (χ4n) is 25.6. The van der Waals surface area contributed by atoms with Crippen LogP contribution in [0, 0.1) is 23.7 Å². The fraction of sp³-hybridized carbons (Fsp3) is 0.193. The van der Waals surface area contributed by atoms with Crippen LogP contribution in [-0.4, -0.2) is 19.5 Å². The Morgan fingerprint density at radius 1 is 0.276 bits per heavy atom. The Balaban J connectivity index is 0.820. The molecule has 25 rings (SSSR count). The Bertz CT molecular complexity index is 6890. The van der Waals surface area contributed by atoms with Crippen LogP contribution >= 0.6 is 0 Å². The monoisotopic (exact) mass is 1640 g/mol. The van der Waals surface area contributed by atoms with Crippen molar-refractivity contribution in [1.82, 2.24) is 0 Å². The van der Waals surface area contributed by atoms with Gasteiger partial charge in [0.1, 0.15) is 0 Å². The van der Waals surface area contributed by atoms with Crippen LogP contribution in [-0.2, 0) is 10.8 Å². The summed E-state index contributed by atoms with van der Waals surface area (Å²) in [6.45, 7) is 7.02. The number of nitrogens with zero attached hydrogens (tertiary/aromatic N) is 6. The SMILES string of the molecule is CC(C)(C)c1cc2c3c(c1)N(C1C(C4CCCCC4)CCCC1C1CCCCC1)c1cc4c(cc1B3c1ccccc1N2c1ccccc1)C1(c2ccccc2-c2ccccc21)c1cc2c(cc1N4c1ccccc1)N(c1ccccc1)c1cc(N(c3ccccc3)c3ccccc3-c3ccccc3)cc3c1B2c1ccccc1N3c1ccccc1-c1ccccc1. The molecule has 5 aliphatic heterocycles. The number of anilines is 17. The van der Waals surface area contributed by atoms with E-state index in [2.05, 4.69) is 426 Å². The summed E-state index contributed by atoms with van der Waals surface area (Å²) in [6, 6.07) is 146. The van der Waals surface area contributed by atoms with E-state index < -0.39 is 5.41 Å². The lowest BCUT2D eigenvalue weighted by molar-refractivity contribution is 0.0839. The minimum absolute atomic E-state index is 0.117. The molecule has 6 nitrogen and oxygen atoms in total. The zero-order valence-electron chi connectivity index (χ0n) is 72.7. The van der Waals surface area contributed by atoms with Gasteiger partial charge in [-0.25, -0.2) is 0 Å². The van der Waals surface area contributed by atoms with Crippen LogP contribution in [0.2, 0.25) is 0 Å². The van der Waals surface area contributed by atoms with Gasteiger partial charge in [-0.3, -0.25) is 0 Å². The number of benzene rings is 16. The van der Waals surface area contributed by atoms with E-state index in [9.17, 15) is 0 Å². The maximum atomic E-state index is 3.17. The largest absolute Gasteiger partial charge is 0.339 e. The van der Waals surface area contributed by atoms with Gasteiger partial charge in [-0.1, -0.05) is 358 Å². The molecule has 0 bridgehead atoms. The van der Waals surface area contributed by atoms with E-state index in [1.165, 1.54) is 195 Å². The van der Waals surface area contributed by atoms with Gasteiger partial charge in [-0.2, -0.15) is 0 Å². The molecule has 2 atom stereocenters. The standard InChI is InChI=1S/C119H102B2N6/c1-118(2,3)83-71-111-115-112(72-83)127(117-91(81-45-16-6-17-46-81)61-40-62-92(117)82-47-18-7-19-48-82)110-78-108-98(76-102(110)120(115)99-65-34-38-69-105(99)123(111)85-51-22-9-23-52-85)119(95-63-32-28-59-93(95)94-60-29-33-64-96(94)119)97-75-101-109(77-107(97)124(108)86-53-24-10-25-54-86)125(87-55-26-11-27-56-87)113-73-88(122(84-49-20-8-21-50-84)103-67-36-30-57-89(103)79-41-12-4-13-42-79)74-114-116(113)121(101)100-66-35-39-70-106(100)126(114)104-68-37-31-58-90(104)80-43-14-5-15-44-80/h4-5,8-15,20-39,41-44,49-60,63-78,81-82,91-92,117H,6-7,16-19,40,45-48,61-62H2,1-3H3. The van der Waals surface area contributed by atoms with Crippen molar-refractivity contribution in [3.63, 3.8) is 0 Å². The van der Waals surface area contributed by atoms with Gasteiger partial charge in [0.15, 0.2) is 0 Å². The Kier molecular flexibility index (Phi) is 18.2. The smallest absolute Gasteiger partial charge is 0.252 e. The van der Waals surface area contributed by atoms with E-state index in [-0.39, 0.29) is 24.9 Å². The molecule has 0 aromatic heterocycles. The number of hydrogen-bond donors (Lipinski definition) is 0. The quantitative estimate of drug-likeness (QED) is 0.113. The predicted octanol–water partition coefficient (Wildman–Crippen LogP) is 27.7. The lowest BCUT2D eigenvalue weighted by Gasteiger charge is -2.55. The molecule has 0 radical (unpaired) electrons. The van der Waals surface area contributed by atoms with Crippen LogP contribution in [0.25, 0.3) is 33.4 Å². The zero-order chi connectivity index (χ0) is 84.2. The Labute approximate surface area is 749 Å². The molecule has 3 saturated carbocycles. The summed E-state index contributed by atoms with van der Waals surface area (Å²) < 4.78 is 0. The van der Waals surface area contributed by atoms with Crippen molar-refractivity contribution in [3.05, 3.63) is 404 Å². The highest BCUT2D eigenvalue weighted by molar-refractivity contribution is 7.01. The summed E-state index contributed by atoms with van der Waals surface area (Å²) in [4.78, 5) is 16.5. The van der Waals surface area contributed by atoms with E-state index in [0.717, 1.165) is 79.1 Å². The summed E-state index contributed by atoms with van der Waals surface area (Å²) in [5.41, 5.74) is 40.8. The van der Waals surface area contributed by atoms with Gasteiger partial charge in [0.2, 0.25) is 0 Å². The molecule has 0 N–H and O–H groups in total. The highest BCUT2D eigenvalue weighted by Crippen LogP contribution is 2.66. The molecule has 0 amide bonds. The molecule has 9 aliphatic rings. The minimum atomic E-state index is -0.872. The molecule has 0 saturated heterocycles. The second-order valence-corrected chi connectivity index (χ2v) is 38.5. The molecule has 3 fully saturated rings. The molecule has 127 heavy (non-hydrogen) atoms. The van der Waals surface area contributed by atoms with Crippen molar-refractivity contribution in [3.8, 4) is 33.4 Å². The minimum Gasteiger partial charge on any atom is -0.339 e. The first-order valence-corrected chi connectivity index (χ1v) is 47.1. The Morgan fingerprint density at radius 3 is 1.21 bits per heavy atom. The van der Waals surface area contributed by atoms with E-state index >= 15 is 0 Å². The van der Waals surface area contributed by atoms with Crippen molar-refractivity contribution in [2.24, 2.45) is 23.7 Å². The van der Waals surface area contributed by atoms with Crippen LogP contribution in [0.1, 0.15) is 132 Å². The highest BCUT2D eigenvalue weighted by atomic mass is 15.2. The maximum absolute atomic E-state index is 3.17. The van der Waals surface area contributed by atoms with E-state index in [0.29, 0.717) is 23.7 Å². The lowest BCUT2D eigenvalue weighted by atomic mass is 9.32. The molecule has 614 valence electrons. The van der Waals surface area contributed by atoms with Crippen molar-refractivity contribution in [2.45, 2.75) is 121 Å². The second kappa shape index (κ2) is 30.4. The molecular weight excluding hydrogens is 1530 g/mol. The third-order valence-corrected chi connectivity index (χ3v) is 30.9. The summed E-state index contributed by atoms with van der Waals surface area (Å²) >= 11 is 0. The van der Waals surface area contributed by atoms with Crippen LogP contribution in [0.15, 0.2) is 376 Å². The van der Waals surface area contributed by atoms with Crippen molar-refractivity contribution < 1.29 is 0 Å². The third kappa shape index (κ3) is 11.8. The van der Waals surface area contributed by atoms with Gasteiger partial charge in [0, 0.05) is 85.4 Å². The number of fused-ring (bicyclic) bond motifs is 17. The van der Waals surface area contributed by atoms with Crippen molar-refractivity contribution in [1.29, 1.82) is 0 Å². The summed E-state index contributed by atoms with van der Waals surface area (Å²) in [5.74, 6) is 2.36. The molecule has 8 heteroatoms. The molecule has 1 spiro atoms. The first-order valence-electron chi connectivity index (χ1n) is 47.1. The average Bonchev–Trinajstić information content (AvgIpc) is 1.62. The van der Waals surface area contributed by atoms with Gasteiger partial charge in [0.05, 0.1) is 33.9 Å². The van der Waals surface area contributed by atoms with Crippen molar-refractivity contribution in [2.75, 3.05) is 29.4 Å². The van der Waals surface area contributed by atoms with Crippen LogP contribution < -0.4 is 62.2 Å².